The quantitative estimate of drug-likeness (QED) is 0.460. The molecule has 0 saturated carbocycles. The number of ketones is 1. The summed E-state index contributed by atoms with van der Waals surface area (Å²) in [6.45, 7) is 1.98. The molecule has 0 aliphatic carbocycles. The van der Waals surface area contributed by atoms with Crippen LogP contribution in [-0.4, -0.2) is 5.78 Å². The second-order valence-electron chi connectivity index (χ2n) is 3.50. The number of unbranched alkanes of at least 4 members (excludes halogenated alkanes) is 1. The molecule has 0 bridgehead atoms. The Morgan fingerprint density at radius 1 is 1.47 bits per heavy atom. The Labute approximate surface area is 99.0 Å². The SMILES string of the molecule is C#CCCCC(=O)c1cc(C)cc(Br)c1. The normalized spacial score (nSPS) is 9.67. The van der Waals surface area contributed by atoms with Gasteiger partial charge in [-0.2, -0.15) is 0 Å². The monoisotopic (exact) mass is 264 g/mol. The predicted molar refractivity (Wildman–Crippen MR) is 65.9 cm³/mol. The van der Waals surface area contributed by atoms with Crippen LogP contribution in [0.15, 0.2) is 22.7 Å². The van der Waals surface area contributed by atoms with Crippen LogP contribution in [-0.2, 0) is 0 Å². The first-order valence-electron chi connectivity index (χ1n) is 4.87. The zero-order chi connectivity index (χ0) is 11.3. The predicted octanol–water partition coefficient (Wildman–Crippen LogP) is 3.74. The van der Waals surface area contributed by atoms with Crippen molar-refractivity contribution >= 4 is 21.7 Å². The minimum atomic E-state index is 0.162. The van der Waals surface area contributed by atoms with Gasteiger partial charge in [0.05, 0.1) is 0 Å². The lowest BCUT2D eigenvalue weighted by Crippen LogP contribution is -1.99. The van der Waals surface area contributed by atoms with Crippen molar-refractivity contribution in [1.82, 2.24) is 0 Å². The molecule has 1 aromatic rings. The molecule has 15 heavy (non-hydrogen) atoms. The number of benzene rings is 1. The van der Waals surface area contributed by atoms with Crippen LogP contribution in [0.5, 0.6) is 0 Å². The molecule has 1 nitrogen and oxygen atoms in total. The maximum absolute atomic E-state index is 11.7. The first-order chi connectivity index (χ1) is 7.13. The number of carbonyl (C=O) groups excluding carboxylic acids is 1. The zero-order valence-corrected chi connectivity index (χ0v) is 10.3. The van der Waals surface area contributed by atoms with Crippen molar-refractivity contribution < 1.29 is 4.79 Å². The van der Waals surface area contributed by atoms with E-state index in [1.54, 1.807) is 0 Å². The zero-order valence-electron chi connectivity index (χ0n) is 8.72. The Morgan fingerprint density at radius 2 is 2.20 bits per heavy atom. The van der Waals surface area contributed by atoms with Gasteiger partial charge in [-0.15, -0.1) is 12.3 Å². The van der Waals surface area contributed by atoms with Gasteiger partial charge in [0.25, 0.3) is 0 Å². The fourth-order valence-electron chi connectivity index (χ4n) is 1.39. The number of halogens is 1. The van der Waals surface area contributed by atoms with E-state index in [0.29, 0.717) is 12.8 Å². The summed E-state index contributed by atoms with van der Waals surface area (Å²) < 4.78 is 0.947. The molecular formula is C13H13BrO. The maximum Gasteiger partial charge on any atom is 0.162 e. The van der Waals surface area contributed by atoms with Crippen molar-refractivity contribution in [2.45, 2.75) is 26.2 Å². The second kappa shape index (κ2) is 5.72. The van der Waals surface area contributed by atoms with Crippen LogP contribution < -0.4 is 0 Å². The van der Waals surface area contributed by atoms with Crippen molar-refractivity contribution in [2.24, 2.45) is 0 Å². The van der Waals surface area contributed by atoms with Crippen LogP contribution in [0.4, 0.5) is 0 Å². The molecule has 0 spiro atoms. The highest BCUT2D eigenvalue weighted by molar-refractivity contribution is 9.10. The molecule has 2 heteroatoms. The van der Waals surface area contributed by atoms with E-state index in [9.17, 15) is 4.79 Å². The van der Waals surface area contributed by atoms with Gasteiger partial charge >= 0.3 is 0 Å². The molecule has 0 aliphatic rings. The van der Waals surface area contributed by atoms with Crippen molar-refractivity contribution in [3.05, 3.63) is 33.8 Å². The summed E-state index contributed by atoms with van der Waals surface area (Å²) in [6, 6.07) is 5.74. The lowest BCUT2D eigenvalue weighted by atomic mass is 10.0. The van der Waals surface area contributed by atoms with E-state index in [1.807, 2.05) is 25.1 Å². The average molecular weight is 265 g/mol. The molecule has 0 radical (unpaired) electrons. The maximum atomic E-state index is 11.7. The second-order valence-corrected chi connectivity index (χ2v) is 4.41. The number of terminal acetylenes is 1. The van der Waals surface area contributed by atoms with Gasteiger partial charge in [-0.1, -0.05) is 15.9 Å². The van der Waals surface area contributed by atoms with E-state index >= 15 is 0 Å². The molecule has 1 rings (SSSR count). The Kier molecular flexibility index (Phi) is 4.58. The molecule has 0 N–H and O–H groups in total. The average Bonchev–Trinajstić information content (AvgIpc) is 2.16. The molecule has 0 aromatic heterocycles. The van der Waals surface area contributed by atoms with E-state index < -0.39 is 0 Å². The summed E-state index contributed by atoms with van der Waals surface area (Å²) in [5, 5.41) is 0. The number of aryl methyl sites for hydroxylation is 1. The highest BCUT2D eigenvalue weighted by Gasteiger charge is 2.06. The van der Waals surface area contributed by atoms with E-state index in [2.05, 4.69) is 21.9 Å². The minimum absolute atomic E-state index is 0.162. The Balaban J connectivity index is 2.70. The van der Waals surface area contributed by atoms with Crippen molar-refractivity contribution in [3.8, 4) is 12.3 Å². The summed E-state index contributed by atoms with van der Waals surface area (Å²) in [5.74, 6) is 2.70. The van der Waals surface area contributed by atoms with Gasteiger partial charge in [0.1, 0.15) is 0 Å². The molecule has 0 saturated heterocycles. The topological polar surface area (TPSA) is 17.1 Å². The van der Waals surface area contributed by atoms with Crippen LogP contribution in [0.2, 0.25) is 0 Å². The van der Waals surface area contributed by atoms with Crippen LogP contribution >= 0.6 is 15.9 Å². The van der Waals surface area contributed by atoms with E-state index in [4.69, 9.17) is 6.42 Å². The van der Waals surface area contributed by atoms with Crippen molar-refractivity contribution in [3.63, 3.8) is 0 Å². The van der Waals surface area contributed by atoms with Crippen LogP contribution in [0.3, 0.4) is 0 Å². The van der Waals surface area contributed by atoms with Crippen LogP contribution in [0.25, 0.3) is 0 Å². The van der Waals surface area contributed by atoms with Gasteiger partial charge in [0.15, 0.2) is 5.78 Å². The summed E-state index contributed by atoms with van der Waals surface area (Å²) in [4.78, 5) is 11.7. The number of rotatable bonds is 4. The third kappa shape index (κ3) is 3.89. The Morgan fingerprint density at radius 3 is 2.80 bits per heavy atom. The number of hydrogen-bond acceptors (Lipinski definition) is 1. The van der Waals surface area contributed by atoms with Crippen LogP contribution in [0, 0.1) is 19.3 Å². The highest BCUT2D eigenvalue weighted by Crippen LogP contribution is 2.17. The molecular weight excluding hydrogens is 252 g/mol. The van der Waals surface area contributed by atoms with E-state index in [-0.39, 0.29) is 5.78 Å². The van der Waals surface area contributed by atoms with Crippen molar-refractivity contribution in [1.29, 1.82) is 0 Å². The molecule has 0 amide bonds. The minimum Gasteiger partial charge on any atom is -0.294 e. The van der Waals surface area contributed by atoms with Crippen molar-refractivity contribution in [2.75, 3.05) is 0 Å². The van der Waals surface area contributed by atoms with E-state index in [1.165, 1.54) is 0 Å². The van der Waals surface area contributed by atoms with E-state index in [0.717, 1.165) is 22.0 Å². The third-order valence-corrected chi connectivity index (χ3v) is 2.55. The number of Topliss-reactive ketones (excluding diaryl/α,β-unsaturated/α-hetero) is 1. The fourth-order valence-corrected chi connectivity index (χ4v) is 2.00. The van der Waals surface area contributed by atoms with Gasteiger partial charge in [-0.3, -0.25) is 4.79 Å². The number of hydrogen-bond donors (Lipinski definition) is 0. The standard InChI is InChI=1S/C13H13BrO/c1-3-4-5-6-13(15)11-7-10(2)8-12(14)9-11/h1,7-9H,4-6H2,2H3. The van der Waals surface area contributed by atoms with Gasteiger partial charge in [-0.25, -0.2) is 0 Å². The summed E-state index contributed by atoms with van der Waals surface area (Å²) in [7, 11) is 0. The van der Waals surface area contributed by atoms with Gasteiger partial charge in [-0.05, 0) is 37.1 Å². The van der Waals surface area contributed by atoms with Gasteiger partial charge < -0.3 is 0 Å². The third-order valence-electron chi connectivity index (χ3n) is 2.09. The molecule has 1 aromatic carbocycles. The molecule has 0 unspecified atom stereocenters. The Hall–Kier alpha value is -1.07. The molecule has 0 fully saturated rings. The summed E-state index contributed by atoms with van der Waals surface area (Å²) in [6.07, 6.45) is 7.09. The molecule has 0 atom stereocenters. The van der Waals surface area contributed by atoms with Crippen LogP contribution in [0.1, 0.15) is 35.2 Å². The smallest absolute Gasteiger partial charge is 0.162 e. The molecule has 78 valence electrons. The summed E-state index contributed by atoms with van der Waals surface area (Å²) in [5.41, 5.74) is 1.85. The summed E-state index contributed by atoms with van der Waals surface area (Å²) >= 11 is 3.38. The van der Waals surface area contributed by atoms with Gasteiger partial charge in [0, 0.05) is 22.9 Å². The van der Waals surface area contributed by atoms with Gasteiger partial charge in [0.2, 0.25) is 0 Å². The Bertz CT molecular complexity index is 381. The molecule has 0 heterocycles. The fraction of sp³-hybridized carbons (Fsp3) is 0.308. The highest BCUT2D eigenvalue weighted by atomic mass is 79.9. The lowest BCUT2D eigenvalue weighted by molar-refractivity contribution is 0.0980. The first-order valence-corrected chi connectivity index (χ1v) is 5.66. The lowest BCUT2D eigenvalue weighted by Gasteiger charge is -2.02. The number of carbonyl (C=O) groups is 1. The first kappa shape index (κ1) is 12.0. The molecule has 0 aliphatic heterocycles. The largest absolute Gasteiger partial charge is 0.294 e.